The van der Waals surface area contributed by atoms with Gasteiger partial charge in [0.05, 0.1) is 18.8 Å². The first kappa shape index (κ1) is 12.9. The van der Waals surface area contributed by atoms with Gasteiger partial charge >= 0.3 is 6.03 Å². The summed E-state index contributed by atoms with van der Waals surface area (Å²) in [7, 11) is 1.61. The number of anilines is 1. The molecule has 1 aliphatic rings. The van der Waals surface area contributed by atoms with E-state index in [2.05, 4.69) is 15.7 Å². The molecule has 100 valence electrons. The zero-order chi connectivity index (χ0) is 12.8. The molecular formula is C12H20N4O2. The molecule has 0 saturated heterocycles. The number of ether oxygens (including phenoxy) is 1. The van der Waals surface area contributed by atoms with Gasteiger partial charge in [0.2, 0.25) is 0 Å². The molecule has 2 amide bonds. The summed E-state index contributed by atoms with van der Waals surface area (Å²) >= 11 is 0. The molecular weight excluding hydrogens is 232 g/mol. The second kappa shape index (κ2) is 6.39. The Morgan fingerprint density at radius 3 is 3.06 bits per heavy atom. The van der Waals surface area contributed by atoms with E-state index in [0.29, 0.717) is 19.2 Å². The number of urea groups is 1. The van der Waals surface area contributed by atoms with Crippen molar-refractivity contribution in [2.75, 3.05) is 25.6 Å². The first-order valence-electron chi connectivity index (χ1n) is 6.38. The molecule has 1 saturated carbocycles. The summed E-state index contributed by atoms with van der Waals surface area (Å²) in [5.74, 6) is 0.761. The molecule has 6 nitrogen and oxygen atoms in total. The Morgan fingerprint density at radius 2 is 2.33 bits per heavy atom. The fourth-order valence-corrected chi connectivity index (χ4v) is 2.28. The first-order chi connectivity index (χ1) is 8.81. The van der Waals surface area contributed by atoms with Crippen molar-refractivity contribution in [3.8, 4) is 0 Å². The van der Waals surface area contributed by atoms with Crippen molar-refractivity contribution in [1.82, 2.24) is 15.1 Å². The number of methoxy groups -OCH3 is 1. The van der Waals surface area contributed by atoms with Gasteiger partial charge in [-0.05, 0) is 12.8 Å². The lowest BCUT2D eigenvalue weighted by Gasteiger charge is -2.14. The van der Waals surface area contributed by atoms with Gasteiger partial charge in [-0.2, -0.15) is 5.10 Å². The van der Waals surface area contributed by atoms with Crippen LogP contribution < -0.4 is 10.6 Å². The third-order valence-corrected chi connectivity index (χ3v) is 3.17. The fourth-order valence-electron chi connectivity index (χ4n) is 2.28. The molecule has 2 rings (SSSR count). The normalized spacial score (nSPS) is 15.8. The van der Waals surface area contributed by atoms with Gasteiger partial charge in [0, 0.05) is 19.7 Å². The Balaban J connectivity index is 1.88. The topological polar surface area (TPSA) is 68.2 Å². The summed E-state index contributed by atoms with van der Waals surface area (Å²) in [6, 6.07) is 2.04. The molecule has 0 unspecified atom stereocenters. The van der Waals surface area contributed by atoms with Gasteiger partial charge in [-0.25, -0.2) is 9.48 Å². The number of carbonyl (C=O) groups is 1. The van der Waals surface area contributed by atoms with E-state index < -0.39 is 0 Å². The van der Waals surface area contributed by atoms with Crippen LogP contribution in [0.25, 0.3) is 0 Å². The number of hydrogen-bond donors (Lipinski definition) is 2. The Bertz CT molecular complexity index is 385. The highest BCUT2D eigenvalue weighted by Gasteiger charge is 2.20. The number of aromatic nitrogens is 2. The number of amides is 2. The molecule has 6 heteroatoms. The lowest BCUT2D eigenvalue weighted by atomic mass is 10.2. The van der Waals surface area contributed by atoms with E-state index in [1.165, 1.54) is 12.8 Å². The van der Waals surface area contributed by atoms with Crippen molar-refractivity contribution in [1.29, 1.82) is 0 Å². The highest BCUT2D eigenvalue weighted by Crippen LogP contribution is 2.31. The van der Waals surface area contributed by atoms with Gasteiger partial charge in [-0.1, -0.05) is 12.8 Å². The quantitative estimate of drug-likeness (QED) is 0.785. The lowest BCUT2D eigenvalue weighted by Crippen LogP contribution is -2.32. The van der Waals surface area contributed by atoms with Crippen LogP contribution in [0.2, 0.25) is 0 Å². The minimum atomic E-state index is -0.216. The van der Waals surface area contributed by atoms with Crippen LogP contribution in [0, 0.1) is 0 Å². The largest absolute Gasteiger partial charge is 0.383 e. The van der Waals surface area contributed by atoms with Gasteiger partial charge in [-0.3, -0.25) is 5.32 Å². The second-order valence-corrected chi connectivity index (χ2v) is 4.47. The fraction of sp³-hybridized carbons (Fsp3) is 0.667. The summed E-state index contributed by atoms with van der Waals surface area (Å²) < 4.78 is 6.79. The zero-order valence-corrected chi connectivity index (χ0v) is 10.7. The predicted octanol–water partition coefficient (Wildman–Crippen LogP) is 1.77. The Labute approximate surface area is 107 Å². The van der Waals surface area contributed by atoms with Crippen LogP contribution >= 0.6 is 0 Å². The van der Waals surface area contributed by atoms with Crippen molar-refractivity contribution >= 4 is 11.8 Å². The summed E-state index contributed by atoms with van der Waals surface area (Å²) in [6.45, 7) is 1.01. The molecule has 1 aromatic heterocycles. The minimum Gasteiger partial charge on any atom is -0.383 e. The van der Waals surface area contributed by atoms with Crippen LogP contribution in [0.4, 0.5) is 10.6 Å². The maximum atomic E-state index is 11.6. The standard InChI is InChI=1S/C12H20N4O2/c1-18-9-8-13-12(17)15-11-6-7-14-16(11)10-4-2-3-5-10/h6-7,10H,2-5,8-9H2,1H3,(H2,13,15,17). The molecule has 0 aliphatic heterocycles. The van der Waals surface area contributed by atoms with E-state index >= 15 is 0 Å². The van der Waals surface area contributed by atoms with Crippen LogP contribution in [-0.4, -0.2) is 36.1 Å². The van der Waals surface area contributed by atoms with Crippen molar-refractivity contribution in [3.05, 3.63) is 12.3 Å². The zero-order valence-electron chi connectivity index (χ0n) is 10.7. The van der Waals surface area contributed by atoms with E-state index in [9.17, 15) is 4.79 Å². The Morgan fingerprint density at radius 1 is 1.56 bits per heavy atom. The van der Waals surface area contributed by atoms with Crippen molar-refractivity contribution < 1.29 is 9.53 Å². The van der Waals surface area contributed by atoms with Gasteiger partial charge in [0.1, 0.15) is 5.82 Å². The molecule has 0 aromatic carbocycles. The summed E-state index contributed by atoms with van der Waals surface area (Å²) in [5, 5.41) is 9.84. The number of rotatable bonds is 5. The smallest absolute Gasteiger partial charge is 0.320 e. The molecule has 0 spiro atoms. The monoisotopic (exact) mass is 252 g/mol. The average Bonchev–Trinajstić information content (AvgIpc) is 2.99. The molecule has 1 aliphatic carbocycles. The number of nitrogens with zero attached hydrogens (tertiary/aromatic N) is 2. The first-order valence-corrected chi connectivity index (χ1v) is 6.38. The number of hydrogen-bond acceptors (Lipinski definition) is 3. The summed E-state index contributed by atoms with van der Waals surface area (Å²) in [5.41, 5.74) is 0. The van der Waals surface area contributed by atoms with E-state index in [0.717, 1.165) is 18.7 Å². The highest BCUT2D eigenvalue weighted by molar-refractivity contribution is 5.88. The van der Waals surface area contributed by atoms with Gasteiger partial charge in [-0.15, -0.1) is 0 Å². The van der Waals surface area contributed by atoms with E-state index in [1.807, 2.05) is 10.7 Å². The molecule has 2 N–H and O–H groups in total. The van der Waals surface area contributed by atoms with Crippen molar-refractivity contribution in [3.63, 3.8) is 0 Å². The maximum Gasteiger partial charge on any atom is 0.320 e. The molecule has 1 aromatic rings. The van der Waals surface area contributed by atoms with Crippen LogP contribution in [0.1, 0.15) is 31.7 Å². The van der Waals surface area contributed by atoms with Crippen LogP contribution in [0.5, 0.6) is 0 Å². The van der Waals surface area contributed by atoms with Gasteiger partial charge < -0.3 is 10.1 Å². The van der Waals surface area contributed by atoms with Gasteiger partial charge in [0.25, 0.3) is 0 Å². The van der Waals surface area contributed by atoms with Crippen LogP contribution in [0.15, 0.2) is 12.3 Å². The summed E-state index contributed by atoms with van der Waals surface area (Å²) in [6.07, 6.45) is 6.49. The van der Waals surface area contributed by atoms with Crippen LogP contribution in [0.3, 0.4) is 0 Å². The maximum absolute atomic E-state index is 11.6. The van der Waals surface area contributed by atoms with Crippen molar-refractivity contribution in [2.45, 2.75) is 31.7 Å². The predicted molar refractivity (Wildman–Crippen MR) is 68.6 cm³/mol. The lowest BCUT2D eigenvalue weighted by molar-refractivity contribution is 0.198. The van der Waals surface area contributed by atoms with Gasteiger partial charge in [0.15, 0.2) is 0 Å². The molecule has 0 radical (unpaired) electrons. The SMILES string of the molecule is COCCNC(=O)Nc1ccnn1C1CCCC1. The second-order valence-electron chi connectivity index (χ2n) is 4.47. The number of nitrogens with one attached hydrogen (secondary N) is 2. The number of carbonyl (C=O) groups excluding carboxylic acids is 1. The molecule has 1 fully saturated rings. The molecule has 18 heavy (non-hydrogen) atoms. The van der Waals surface area contributed by atoms with Crippen LogP contribution in [-0.2, 0) is 4.74 Å². The van der Waals surface area contributed by atoms with E-state index in [4.69, 9.17) is 4.74 Å². The van der Waals surface area contributed by atoms with Crippen molar-refractivity contribution in [2.24, 2.45) is 0 Å². The Kier molecular flexibility index (Phi) is 4.58. The third kappa shape index (κ3) is 3.22. The molecule has 0 atom stereocenters. The summed E-state index contributed by atoms with van der Waals surface area (Å²) in [4.78, 5) is 11.6. The minimum absolute atomic E-state index is 0.216. The average molecular weight is 252 g/mol. The Hall–Kier alpha value is -1.56. The molecule has 0 bridgehead atoms. The third-order valence-electron chi connectivity index (χ3n) is 3.17. The highest BCUT2D eigenvalue weighted by atomic mass is 16.5. The van der Waals surface area contributed by atoms with E-state index in [-0.39, 0.29) is 6.03 Å². The molecule has 1 heterocycles. The van der Waals surface area contributed by atoms with E-state index in [1.54, 1.807) is 13.3 Å².